The Bertz CT molecular complexity index is 1340. The molecule has 0 N–H and O–H groups in total. The van der Waals surface area contributed by atoms with Gasteiger partial charge in [0.25, 0.3) is 0 Å². The molecular formula is C22H14I3O9S-. The largest absolute Gasteiger partial charge is 0.744 e. The quantitative estimate of drug-likeness (QED) is 0.146. The Hall–Kier alpha value is -1.05. The van der Waals surface area contributed by atoms with E-state index >= 15 is 0 Å². The molecule has 2 saturated carbocycles. The fourth-order valence-electron chi connectivity index (χ4n) is 5.19. The van der Waals surface area contributed by atoms with E-state index in [-0.39, 0.29) is 11.7 Å². The monoisotopic (exact) mass is 835 g/mol. The second-order valence-electron chi connectivity index (χ2n) is 8.49. The lowest BCUT2D eigenvalue weighted by atomic mass is 9.78. The third-order valence-electron chi connectivity index (χ3n) is 6.61. The van der Waals surface area contributed by atoms with E-state index in [0.717, 1.165) is 22.8 Å². The highest BCUT2D eigenvalue weighted by Gasteiger charge is 2.70. The van der Waals surface area contributed by atoms with Crippen LogP contribution in [0.5, 0.6) is 5.75 Å². The van der Waals surface area contributed by atoms with Gasteiger partial charge in [-0.1, -0.05) is 0 Å². The molecule has 2 aromatic carbocycles. The Morgan fingerprint density at radius 2 is 1.66 bits per heavy atom. The summed E-state index contributed by atoms with van der Waals surface area (Å²) in [6.45, 7) is 0. The molecule has 0 radical (unpaired) electrons. The van der Waals surface area contributed by atoms with E-state index in [4.69, 9.17) is 14.2 Å². The van der Waals surface area contributed by atoms with Gasteiger partial charge in [-0.2, -0.15) is 0 Å². The Balaban J connectivity index is 1.36. The van der Waals surface area contributed by atoms with Crippen molar-refractivity contribution in [2.24, 2.45) is 23.7 Å². The molecular weight excluding hydrogens is 821 g/mol. The van der Waals surface area contributed by atoms with Gasteiger partial charge in [0, 0.05) is 22.5 Å². The zero-order chi connectivity index (χ0) is 25.2. The molecule has 6 unspecified atom stereocenters. The van der Waals surface area contributed by atoms with Gasteiger partial charge in [-0.3, -0.25) is 9.59 Å². The first kappa shape index (κ1) is 25.6. The van der Waals surface area contributed by atoms with Crippen LogP contribution in [-0.2, 0) is 29.2 Å². The van der Waals surface area contributed by atoms with Gasteiger partial charge < -0.3 is 18.8 Å². The van der Waals surface area contributed by atoms with Gasteiger partial charge in [-0.25, -0.2) is 13.2 Å². The number of rotatable bonds is 5. The van der Waals surface area contributed by atoms with Crippen LogP contribution >= 0.6 is 67.8 Å². The number of hydrogen-bond donors (Lipinski definition) is 0. The SMILES string of the molecule is O=C(OC1C2CC3C1OC(=O)C3C2C(=O)Oc1ccc(S(=O)(=O)[O-])cc1)c1cc(I)c(I)c(I)c1. The minimum absolute atomic E-state index is 0.0321. The van der Waals surface area contributed by atoms with E-state index in [0.29, 0.717) is 12.0 Å². The maximum atomic E-state index is 13.1. The van der Waals surface area contributed by atoms with Gasteiger partial charge in [0.05, 0.1) is 22.3 Å². The zero-order valence-corrected chi connectivity index (χ0v) is 24.6. The van der Waals surface area contributed by atoms with E-state index in [1.807, 2.05) is 0 Å². The molecule has 1 aliphatic heterocycles. The van der Waals surface area contributed by atoms with Crippen LogP contribution in [-0.4, -0.2) is 43.1 Å². The third-order valence-corrected chi connectivity index (χ3v) is 12.4. The topological polar surface area (TPSA) is 136 Å². The highest BCUT2D eigenvalue weighted by molar-refractivity contribution is 14.1. The third kappa shape index (κ3) is 4.59. The lowest BCUT2D eigenvalue weighted by Crippen LogP contribution is -2.44. The van der Waals surface area contributed by atoms with Crippen molar-refractivity contribution in [2.45, 2.75) is 23.5 Å². The van der Waals surface area contributed by atoms with Crippen molar-refractivity contribution in [2.75, 3.05) is 0 Å². The van der Waals surface area contributed by atoms with Crippen molar-refractivity contribution in [1.29, 1.82) is 0 Å². The molecule has 3 fully saturated rings. The molecule has 35 heavy (non-hydrogen) atoms. The normalized spacial score (nSPS) is 28.6. The Morgan fingerprint density at radius 3 is 2.26 bits per heavy atom. The summed E-state index contributed by atoms with van der Waals surface area (Å²) in [5.41, 5.74) is 0.371. The number of benzene rings is 2. The van der Waals surface area contributed by atoms with Crippen LogP contribution in [0.2, 0.25) is 0 Å². The first-order valence-corrected chi connectivity index (χ1v) is 14.9. The number of ether oxygens (including phenoxy) is 3. The number of esters is 3. The van der Waals surface area contributed by atoms with Crippen LogP contribution in [0.1, 0.15) is 16.8 Å². The minimum atomic E-state index is -4.64. The molecule has 5 rings (SSSR count). The predicted octanol–water partition coefficient (Wildman–Crippen LogP) is 3.34. The number of fused-ring (bicyclic) bond motifs is 1. The van der Waals surface area contributed by atoms with E-state index < -0.39 is 62.9 Å². The van der Waals surface area contributed by atoms with Crippen LogP contribution in [0.15, 0.2) is 41.3 Å². The number of hydrogen-bond acceptors (Lipinski definition) is 9. The van der Waals surface area contributed by atoms with Gasteiger partial charge in [0.15, 0.2) is 0 Å². The fourth-order valence-corrected chi connectivity index (χ4v) is 7.74. The van der Waals surface area contributed by atoms with E-state index in [9.17, 15) is 27.4 Å². The van der Waals surface area contributed by atoms with Crippen molar-refractivity contribution in [3.63, 3.8) is 0 Å². The van der Waals surface area contributed by atoms with Crippen LogP contribution in [0.4, 0.5) is 0 Å². The van der Waals surface area contributed by atoms with Crippen LogP contribution in [0.25, 0.3) is 0 Å². The molecule has 3 aliphatic rings. The molecule has 0 aromatic heterocycles. The lowest BCUT2D eigenvalue weighted by Gasteiger charge is -2.30. The van der Waals surface area contributed by atoms with Crippen LogP contribution in [0.3, 0.4) is 0 Å². The van der Waals surface area contributed by atoms with E-state index in [1.165, 1.54) is 12.1 Å². The average Bonchev–Trinajstić information content (AvgIpc) is 3.40. The molecule has 184 valence electrons. The van der Waals surface area contributed by atoms with Crippen molar-refractivity contribution in [3.8, 4) is 5.75 Å². The van der Waals surface area contributed by atoms with Crippen LogP contribution in [0, 0.1) is 34.4 Å². The van der Waals surface area contributed by atoms with Crippen molar-refractivity contribution < 1.29 is 41.6 Å². The maximum absolute atomic E-state index is 13.1. The molecule has 2 bridgehead atoms. The minimum Gasteiger partial charge on any atom is -0.744 e. The van der Waals surface area contributed by atoms with Crippen molar-refractivity contribution >= 4 is 95.8 Å². The summed E-state index contributed by atoms with van der Waals surface area (Å²) < 4.78 is 52.9. The van der Waals surface area contributed by atoms with Gasteiger partial charge in [-0.15, -0.1) is 0 Å². The summed E-state index contributed by atoms with van der Waals surface area (Å²) in [7, 11) is -4.64. The number of halogens is 3. The first-order valence-electron chi connectivity index (χ1n) is 10.3. The highest BCUT2D eigenvalue weighted by atomic mass is 127. The summed E-state index contributed by atoms with van der Waals surface area (Å²) in [6, 6.07) is 7.92. The van der Waals surface area contributed by atoms with E-state index in [1.54, 1.807) is 12.1 Å². The summed E-state index contributed by atoms with van der Waals surface area (Å²) >= 11 is 6.47. The molecule has 2 aliphatic carbocycles. The van der Waals surface area contributed by atoms with Gasteiger partial charge in [0.2, 0.25) is 0 Å². The molecule has 0 spiro atoms. The summed E-state index contributed by atoms with van der Waals surface area (Å²) in [5.74, 6) is -4.02. The smallest absolute Gasteiger partial charge is 0.338 e. The second kappa shape index (κ2) is 9.36. The molecule has 1 saturated heterocycles. The summed E-state index contributed by atoms with van der Waals surface area (Å²) in [5, 5.41) is 0. The predicted molar refractivity (Wildman–Crippen MR) is 142 cm³/mol. The summed E-state index contributed by atoms with van der Waals surface area (Å²) in [4.78, 5) is 38.2. The first-order chi connectivity index (χ1) is 16.5. The number of carbonyl (C=O) groups is 3. The number of carbonyl (C=O) groups excluding carboxylic acids is 3. The fraction of sp³-hybridized carbons (Fsp3) is 0.318. The van der Waals surface area contributed by atoms with Gasteiger partial charge in [-0.05, 0) is 111 Å². The Morgan fingerprint density at radius 1 is 1.03 bits per heavy atom. The molecule has 6 atom stereocenters. The molecule has 2 aromatic rings. The Labute approximate surface area is 240 Å². The van der Waals surface area contributed by atoms with Gasteiger partial charge >= 0.3 is 17.9 Å². The molecule has 1 heterocycles. The van der Waals surface area contributed by atoms with Gasteiger partial charge in [0.1, 0.15) is 28.1 Å². The maximum Gasteiger partial charge on any atom is 0.338 e. The molecule has 0 amide bonds. The molecule has 9 nitrogen and oxygen atoms in total. The second-order valence-corrected chi connectivity index (χ2v) is 13.3. The highest BCUT2D eigenvalue weighted by Crippen LogP contribution is 2.59. The van der Waals surface area contributed by atoms with Crippen molar-refractivity contribution in [1.82, 2.24) is 0 Å². The standard InChI is InChI=1S/C22H15I3O9S/c23-13-5-8(6-14(24)17(13)25)20(26)33-18-11-7-12-16(22(28)34-19(12)18)15(11)21(27)32-9-1-3-10(4-2-9)35(29,30)31/h1-6,11-12,15-16,18-19H,7H2,(H,29,30,31)/p-1. The molecule has 13 heteroatoms. The lowest BCUT2D eigenvalue weighted by molar-refractivity contribution is -0.149. The summed E-state index contributed by atoms with van der Waals surface area (Å²) in [6.07, 6.45) is -0.905. The van der Waals surface area contributed by atoms with Crippen molar-refractivity contribution in [3.05, 3.63) is 52.7 Å². The zero-order valence-electron chi connectivity index (χ0n) is 17.4. The Kier molecular flexibility index (Phi) is 6.84. The average molecular weight is 835 g/mol. The van der Waals surface area contributed by atoms with E-state index in [2.05, 4.69) is 67.8 Å². The van der Waals surface area contributed by atoms with Crippen LogP contribution < -0.4 is 4.74 Å².